The number of hydrogen-bond acceptors (Lipinski definition) is 3. The highest BCUT2D eigenvalue weighted by atomic mass is 32.2. The number of nitrogens with zero attached hydrogens (tertiary/aromatic N) is 1. The molecule has 4 nitrogen and oxygen atoms in total. The van der Waals surface area contributed by atoms with Crippen LogP contribution in [0.4, 0.5) is 0 Å². The van der Waals surface area contributed by atoms with Gasteiger partial charge in [-0.1, -0.05) is 13.8 Å². The van der Waals surface area contributed by atoms with Crippen molar-refractivity contribution in [1.29, 1.82) is 0 Å². The summed E-state index contributed by atoms with van der Waals surface area (Å²) in [6, 6.07) is 0. The minimum Gasteiger partial charge on any atom is -0.319 e. The van der Waals surface area contributed by atoms with E-state index in [0.29, 0.717) is 19.0 Å². The number of nitrogens with one attached hydrogen (secondary N) is 1. The van der Waals surface area contributed by atoms with Gasteiger partial charge in [0.15, 0.2) is 0 Å². The van der Waals surface area contributed by atoms with E-state index >= 15 is 0 Å². The van der Waals surface area contributed by atoms with Crippen molar-refractivity contribution in [3.63, 3.8) is 0 Å². The van der Waals surface area contributed by atoms with Gasteiger partial charge in [-0.2, -0.15) is 0 Å². The highest BCUT2D eigenvalue weighted by Gasteiger charge is 2.16. The van der Waals surface area contributed by atoms with Crippen LogP contribution in [0.1, 0.15) is 20.3 Å². The molecule has 0 aliphatic heterocycles. The van der Waals surface area contributed by atoms with Crippen molar-refractivity contribution in [3.05, 3.63) is 0 Å². The van der Waals surface area contributed by atoms with E-state index in [9.17, 15) is 8.42 Å². The average Bonchev–Trinajstić information content (AvgIpc) is 2.10. The van der Waals surface area contributed by atoms with Crippen LogP contribution in [-0.4, -0.2) is 45.7 Å². The Morgan fingerprint density at radius 2 is 1.93 bits per heavy atom. The van der Waals surface area contributed by atoms with Crippen molar-refractivity contribution >= 4 is 10.0 Å². The second-order valence-electron chi connectivity index (χ2n) is 3.92. The van der Waals surface area contributed by atoms with Crippen molar-refractivity contribution in [1.82, 2.24) is 9.62 Å². The van der Waals surface area contributed by atoms with Gasteiger partial charge >= 0.3 is 0 Å². The van der Waals surface area contributed by atoms with Crippen LogP contribution in [0.2, 0.25) is 0 Å². The molecular weight excluding hydrogens is 200 g/mol. The molecular formula is C9H22N2O2S. The summed E-state index contributed by atoms with van der Waals surface area (Å²) < 4.78 is 24.6. The SMILES string of the molecule is CNCCS(=O)(=O)N(C)CCC(C)C. The van der Waals surface area contributed by atoms with Crippen LogP contribution in [-0.2, 0) is 10.0 Å². The lowest BCUT2D eigenvalue weighted by Gasteiger charge is -2.17. The fraction of sp³-hybridized carbons (Fsp3) is 1.00. The largest absolute Gasteiger partial charge is 0.319 e. The maximum Gasteiger partial charge on any atom is 0.215 e. The lowest BCUT2D eigenvalue weighted by Crippen LogP contribution is -2.33. The first-order chi connectivity index (χ1) is 6.40. The minimum absolute atomic E-state index is 0.179. The summed E-state index contributed by atoms with van der Waals surface area (Å²) in [4.78, 5) is 0. The van der Waals surface area contributed by atoms with Crippen LogP contribution < -0.4 is 5.32 Å². The molecule has 1 N–H and O–H groups in total. The lowest BCUT2D eigenvalue weighted by atomic mass is 10.1. The number of rotatable bonds is 7. The molecule has 0 aliphatic rings. The Morgan fingerprint density at radius 1 is 1.36 bits per heavy atom. The Bertz CT molecular complexity index is 237. The van der Waals surface area contributed by atoms with Gasteiger partial charge in [-0.05, 0) is 19.4 Å². The Balaban J connectivity index is 4.01. The van der Waals surface area contributed by atoms with Crippen LogP contribution in [0.25, 0.3) is 0 Å². The van der Waals surface area contributed by atoms with Crippen LogP contribution in [0.3, 0.4) is 0 Å². The zero-order valence-corrected chi connectivity index (χ0v) is 10.4. The fourth-order valence-electron chi connectivity index (χ4n) is 0.966. The number of sulfonamides is 1. The Morgan fingerprint density at radius 3 is 2.36 bits per heavy atom. The van der Waals surface area contributed by atoms with Crippen molar-refractivity contribution in [3.8, 4) is 0 Å². The molecule has 0 spiro atoms. The van der Waals surface area contributed by atoms with Gasteiger partial charge in [0.25, 0.3) is 0 Å². The zero-order chi connectivity index (χ0) is 11.2. The molecule has 5 heteroatoms. The van der Waals surface area contributed by atoms with Gasteiger partial charge in [0.2, 0.25) is 10.0 Å². The molecule has 0 heterocycles. The Kier molecular flexibility index (Phi) is 6.31. The molecule has 0 saturated carbocycles. The monoisotopic (exact) mass is 222 g/mol. The third-order valence-electron chi connectivity index (χ3n) is 2.11. The van der Waals surface area contributed by atoms with Gasteiger partial charge in [-0.15, -0.1) is 0 Å². The van der Waals surface area contributed by atoms with E-state index in [2.05, 4.69) is 19.2 Å². The summed E-state index contributed by atoms with van der Waals surface area (Å²) in [5, 5.41) is 2.84. The second-order valence-corrected chi connectivity index (χ2v) is 6.12. The van der Waals surface area contributed by atoms with Crippen molar-refractivity contribution in [2.24, 2.45) is 5.92 Å². The predicted molar refractivity (Wildman–Crippen MR) is 59.8 cm³/mol. The summed E-state index contributed by atoms with van der Waals surface area (Å²) in [6.07, 6.45) is 0.912. The summed E-state index contributed by atoms with van der Waals surface area (Å²) in [6.45, 7) is 5.31. The molecule has 0 amide bonds. The van der Waals surface area contributed by atoms with Gasteiger partial charge in [0.1, 0.15) is 0 Å². The maximum absolute atomic E-state index is 11.6. The molecule has 86 valence electrons. The molecule has 0 unspecified atom stereocenters. The van der Waals surface area contributed by atoms with Crippen LogP contribution in [0, 0.1) is 5.92 Å². The van der Waals surface area contributed by atoms with Gasteiger partial charge in [0, 0.05) is 20.1 Å². The molecule has 0 aliphatic carbocycles. The van der Waals surface area contributed by atoms with E-state index in [1.807, 2.05) is 0 Å². The molecule has 0 rings (SSSR count). The molecule has 0 saturated heterocycles. The maximum atomic E-state index is 11.6. The van der Waals surface area contributed by atoms with Crippen LogP contribution in [0.5, 0.6) is 0 Å². The van der Waals surface area contributed by atoms with Gasteiger partial charge in [0.05, 0.1) is 5.75 Å². The van der Waals surface area contributed by atoms with Crippen LogP contribution >= 0.6 is 0 Å². The normalized spacial score (nSPS) is 12.7. The topological polar surface area (TPSA) is 49.4 Å². The molecule has 0 atom stereocenters. The molecule has 0 aromatic heterocycles. The van der Waals surface area contributed by atoms with Crippen molar-refractivity contribution < 1.29 is 8.42 Å². The second kappa shape index (κ2) is 6.37. The first-order valence-corrected chi connectivity index (χ1v) is 6.59. The first-order valence-electron chi connectivity index (χ1n) is 4.98. The zero-order valence-electron chi connectivity index (χ0n) is 9.58. The van der Waals surface area contributed by atoms with Gasteiger partial charge < -0.3 is 5.32 Å². The highest BCUT2D eigenvalue weighted by Crippen LogP contribution is 2.04. The Labute approximate surface area is 87.7 Å². The fourth-order valence-corrected chi connectivity index (χ4v) is 2.12. The van der Waals surface area contributed by atoms with Crippen molar-refractivity contribution in [2.75, 3.05) is 32.9 Å². The standard InChI is InChI=1S/C9H22N2O2S/c1-9(2)5-7-11(4)14(12,13)8-6-10-3/h9-10H,5-8H2,1-4H3. The summed E-state index contributed by atoms with van der Waals surface area (Å²) in [5.74, 6) is 0.718. The molecule has 0 bridgehead atoms. The van der Waals surface area contributed by atoms with E-state index in [0.717, 1.165) is 6.42 Å². The van der Waals surface area contributed by atoms with Crippen LogP contribution in [0.15, 0.2) is 0 Å². The third kappa shape index (κ3) is 5.57. The molecule has 0 aromatic rings. The quantitative estimate of drug-likeness (QED) is 0.683. The van der Waals surface area contributed by atoms with Gasteiger partial charge in [-0.25, -0.2) is 12.7 Å². The molecule has 14 heavy (non-hydrogen) atoms. The van der Waals surface area contributed by atoms with E-state index in [1.54, 1.807) is 14.1 Å². The van der Waals surface area contributed by atoms with E-state index in [1.165, 1.54) is 4.31 Å². The first kappa shape index (κ1) is 13.9. The highest BCUT2D eigenvalue weighted by molar-refractivity contribution is 7.89. The summed E-state index contributed by atoms with van der Waals surface area (Å²) in [5.41, 5.74) is 0. The lowest BCUT2D eigenvalue weighted by molar-refractivity contribution is 0.427. The minimum atomic E-state index is -3.05. The van der Waals surface area contributed by atoms with Gasteiger partial charge in [-0.3, -0.25) is 0 Å². The summed E-state index contributed by atoms with van der Waals surface area (Å²) >= 11 is 0. The average molecular weight is 222 g/mol. The van der Waals surface area contributed by atoms with Crippen molar-refractivity contribution in [2.45, 2.75) is 20.3 Å². The smallest absolute Gasteiger partial charge is 0.215 e. The third-order valence-corrected chi connectivity index (χ3v) is 3.96. The number of hydrogen-bond donors (Lipinski definition) is 1. The van der Waals surface area contributed by atoms with E-state index in [-0.39, 0.29) is 5.75 Å². The molecule has 0 radical (unpaired) electrons. The Hall–Kier alpha value is -0.130. The van der Waals surface area contributed by atoms with E-state index in [4.69, 9.17) is 0 Å². The molecule has 0 aromatic carbocycles. The van der Waals surface area contributed by atoms with E-state index < -0.39 is 10.0 Å². The predicted octanol–water partition coefficient (Wildman–Crippen LogP) is 0.513. The molecule has 0 fully saturated rings. The summed E-state index contributed by atoms with van der Waals surface area (Å²) in [7, 11) is 0.353.